The number of carbonyl (C=O) groups is 1. The van der Waals surface area contributed by atoms with E-state index in [1.807, 2.05) is 0 Å². The highest BCUT2D eigenvalue weighted by molar-refractivity contribution is 7.92. The third-order valence-electron chi connectivity index (χ3n) is 4.83. The number of nitrogens with one attached hydrogen (secondary N) is 2. The Balaban J connectivity index is 1.82. The summed E-state index contributed by atoms with van der Waals surface area (Å²) < 4.78 is 59.8. The maximum Gasteiger partial charge on any atom is 0.413 e. The second kappa shape index (κ2) is 9.33. The molecule has 0 bridgehead atoms. The monoisotopic (exact) mass is 494 g/mol. The van der Waals surface area contributed by atoms with Crippen molar-refractivity contribution in [1.82, 2.24) is 20.0 Å². The molecule has 182 valence electrons. The van der Waals surface area contributed by atoms with E-state index in [1.54, 1.807) is 13.0 Å². The van der Waals surface area contributed by atoms with Gasteiger partial charge in [0.15, 0.2) is 11.5 Å². The van der Waals surface area contributed by atoms with E-state index in [2.05, 4.69) is 25.3 Å². The van der Waals surface area contributed by atoms with Crippen LogP contribution < -0.4 is 10.0 Å². The van der Waals surface area contributed by atoms with Crippen LogP contribution in [0.5, 0.6) is 0 Å². The summed E-state index contributed by atoms with van der Waals surface area (Å²) in [6.45, 7) is 3.88. The summed E-state index contributed by atoms with van der Waals surface area (Å²) in [5, 5.41) is 10.4. The predicted octanol–water partition coefficient (Wildman–Crippen LogP) is 3.98. The lowest BCUT2D eigenvalue weighted by atomic mass is 9.99. The van der Waals surface area contributed by atoms with Crippen LogP contribution in [0.25, 0.3) is 11.4 Å². The number of benzene rings is 1. The Bertz CT molecular complexity index is 1320. The van der Waals surface area contributed by atoms with Crippen molar-refractivity contribution in [3.8, 4) is 11.4 Å². The van der Waals surface area contributed by atoms with Crippen molar-refractivity contribution in [3.05, 3.63) is 53.2 Å². The second-order valence-corrected chi connectivity index (χ2v) is 9.51. The maximum atomic E-state index is 13.9. The van der Waals surface area contributed by atoms with E-state index in [0.717, 1.165) is 13.2 Å². The molecule has 0 radical (unpaired) electrons. The summed E-state index contributed by atoms with van der Waals surface area (Å²) in [5.74, 6) is -2.95. The minimum atomic E-state index is -3.49. The molecule has 10 nitrogen and oxygen atoms in total. The number of ether oxygens (including phenoxy) is 1. The van der Waals surface area contributed by atoms with E-state index in [4.69, 9.17) is 4.74 Å². The minimum absolute atomic E-state index is 0.155. The molecule has 1 aromatic carbocycles. The summed E-state index contributed by atoms with van der Waals surface area (Å²) in [4.78, 5) is 16.9. The SMILES string of the molecule is Cc1nc(-c2nnn(C)c2NC(=O)O[C@H](C)c2ccccc2C(C)(F)F)ccc1NS(C)(=O)=O. The first-order valence-electron chi connectivity index (χ1n) is 10.1. The number of rotatable bonds is 7. The molecule has 1 atom stereocenters. The number of carbonyl (C=O) groups excluding carboxylic acids is 1. The number of alkyl halides is 2. The molecule has 0 saturated heterocycles. The van der Waals surface area contributed by atoms with E-state index in [0.29, 0.717) is 17.1 Å². The molecule has 2 N–H and O–H groups in total. The number of halogens is 2. The van der Waals surface area contributed by atoms with Crippen LogP contribution in [0.15, 0.2) is 36.4 Å². The molecule has 0 aliphatic rings. The van der Waals surface area contributed by atoms with Crippen molar-refractivity contribution in [2.45, 2.75) is 32.8 Å². The molecule has 0 fully saturated rings. The first-order chi connectivity index (χ1) is 15.8. The number of hydrogen-bond donors (Lipinski definition) is 2. The van der Waals surface area contributed by atoms with Crippen molar-refractivity contribution in [1.29, 1.82) is 0 Å². The largest absolute Gasteiger partial charge is 0.441 e. The third-order valence-corrected chi connectivity index (χ3v) is 5.42. The molecule has 0 unspecified atom stereocenters. The summed E-state index contributed by atoms with van der Waals surface area (Å²) in [6.07, 6.45) is -0.841. The van der Waals surface area contributed by atoms with Crippen LogP contribution in [0.1, 0.15) is 36.8 Å². The Morgan fingerprint density at radius 3 is 2.50 bits per heavy atom. The molecule has 0 spiro atoms. The summed E-state index contributed by atoms with van der Waals surface area (Å²) >= 11 is 0. The number of aryl methyl sites for hydroxylation is 2. The molecule has 0 saturated carbocycles. The van der Waals surface area contributed by atoms with Crippen LogP contribution in [0.2, 0.25) is 0 Å². The van der Waals surface area contributed by atoms with Crippen molar-refractivity contribution < 1.29 is 26.7 Å². The van der Waals surface area contributed by atoms with E-state index in [-0.39, 0.29) is 22.6 Å². The average Bonchev–Trinajstić information content (AvgIpc) is 3.08. The van der Waals surface area contributed by atoms with Gasteiger partial charge in [0.05, 0.1) is 23.3 Å². The van der Waals surface area contributed by atoms with Gasteiger partial charge in [-0.15, -0.1) is 5.10 Å². The Kier molecular flexibility index (Phi) is 6.87. The number of amides is 1. The third kappa shape index (κ3) is 5.84. The van der Waals surface area contributed by atoms with Gasteiger partial charge in [-0.1, -0.05) is 29.5 Å². The second-order valence-electron chi connectivity index (χ2n) is 7.76. The molecule has 0 aliphatic carbocycles. The smallest absolute Gasteiger partial charge is 0.413 e. The lowest BCUT2D eigenvalue weighted by Crippen LogP contribution is -2.20. The van der Waals surface area contributed by atoms with Gasteiger partial charge in [0, 0.05) is 25.1 Å². The van der Waals surface area contributed by atoms with Gasteiger partial charge in [-0.2, -0.15) is 0 Å². The molecule has 1 amide bonds. The Morgan fingerprint density at radius 2 is 1.88 bits per heavy atom. The van der Waals surface area contributed by atoms with Crippen molar-refractivity contribution in [3.63, 3.8) is 0 Å². The predicted molar refractivity (Wildman–Crippen MR) is 122 cm³/mol. The van der Waals surface area contributed by atoms with Gasteiger partial charge < -0.3 is 4.74 Å². The van der Waals surface area contributed by atoms with Crippen LogP contribution >= 0.6 is 0 Å². The molecule has 13 heteroatoms. The van der Waals surface area contributed by atoms with Crippen molar-refractivity contribution in [2.24, 2.45) is 7.05 Å². The molecule has 34 heavy (non-hydrogen) atoms. The van der Waals surface area contributed by atoms with Crippen LogP contribution in [0, 0.1) is 6.92 Å². The zero-order valence-electron chi connectivity index (χ0n) is 19.1. The molecule has 0 aliphatic heterocycles. The highest BCUT2D eigenvalue weighted by Gasteiger charge is 2.30. The van der Waals surface area contributed by atoms with Gasteiger partial charge in [0.1, 0.15) is 6.10 Å². The Morgan fingerprint density at radius 1 is 1.21 bits per heavy atom. The van der Waals surface area contributed by atoms with Crippen LogP contribution in [0.3, 0.4) is 0 Å². The number of pyridine rings is 1. The maximum absolute atomic E-state index is 13.9. The van der Waals surface area contributed by atoms with Gasteiger partial charge >= 0.3 is 6.09 Å². The summed E-state index contributed by atoms with van der Waals surface area (Å²) in [7, 11) is -1.95. The van der Waals surface area contributed by atoms with Gasteiger partial charge in [-0.3, -0.25) is 10.0 Å². The molecular formula is C21H24F2N6O4S. The van der Waals surface area contributed by atoms with Crippen molar-refractivity contribution in [2.75, 3.05) is 16.3 Å². The Labute approximate surface area is 195 Å². The highest BCUT2D eigenvalue weighted by atomic mass is 32.2. The van der Waals surface area contributed by atoms with Gasteiger partial charge in [0.25, 0.3) is 5.92 Å². The first-order valence-corrected chi connectivity index (χ1v) is 12.0. The summed E-state index contributed by atoms with van der Waals surface area (Å²) in [6, 6.07) is 8.86. The molecule has 2 aromatic heterocycles. The van der Waals surface area contributed by atoms with E-state index in [9.17, 15) is 22.0 Å². The normalized spacial score (nSPS) is 12.8. The molecule has 2 heterocycles. The molecular weight excluding hydrogens is 470 g/mol. The van der Waals surface area contributed by atoms with Gasteiger partial charge in [-0.25, -0.2) is 31.7 Å². The number of anilines is 2. The van der Waals surface area contributed by atoms with Crippen LogP contribution in [-0.2, 0) is 27.7 Å². The number of sulfonamides is 1. The lowest BCUT2D eigenvalue weighted by molar-refractivity contribution is 0.0135. The number of nitrogens with zero attached hydrogens (tertiary/aromatic N) is 4. The standard InChI is InChI=1S/C21H24F2N6O4S/c1-12-16(27-34(5,31)32)10-11-17(24-12)18-19(29(4)28-26-18)25-20(30)33-13(2)14-8-6-7-9-15(14)21(3,22)23/h6-11,13,27H,1-5H3,(H,25,30)/t13-/m1/s1. The van der Waals surface area contributed by atoms with Crippen molar-refractivity contribution >= 4 is 27.6 Å². The first kappa shape index (κ1) is 25.0. The highest BCUT2D eigenvalue weighted by Crippen LogP contribution is 2.34. The van der Waals surface area contributed by atoms with Gasteiger partial charge in [0.2, 0.25) is 10.0 Å². The average molecular weight is 495 g/mol. The quantitative estimate of drug-likeness (QED) is 0.508. The fourth-order valence-electron chi connectivity index (χ4n) is 3.27. The van der Waals surface area contributed by atoms with Gasteiger partial charge in [-0.05, 0) is 26.0 Å². The zero-order valence-corrected chi connectivity index (χ0v) is 19.9. The zero-order chi connectivity index (χ0) is 25.3. The lowest BCUT2D eigenvalue weighted by Gasteiger charge is -2.20. The molecule has 3 rings (SSSR count). The fraction of sp³-hybridized carbons (Fsp3) is 0.333. The van der Waals surface area contributed by atoms with E-state index >= 15 is 0 Å². The topological polar surface area (TPSA) is 128 Å². The van der Waals surface area contributed by atoms with E-state index < -0.39 is 28.1 Å². The number of hydrogen-bond acceptors (Lipinski definition) is 7. The van der Waals surface area contributed by atoms with Crippen LogP contribution in [0.4, 0.5) is 25.1 Å². The molecule has 3 aromatic rings. The fourth-order valence-corrected chi connectivity index (χ4v) is 3.89. The minimum Gasteiger partial charge on any atom is -0.441 e. The summed E-state index contributed by atoms with van der Waals surface area (Å²) in [5.41, 5.74) is 1.16. The Hall–Kier alpha value is -3.61. The van der Waals surface area contributed by atoms with E-state index in [1.165, 1.54) is 49.0 Å². The number of aromatic nitrogens is 4. The van der Waals surface area contributed by atoms with Crippen LogP contribution in [-0.4, -0.2) is 40.7 Å².